The molecular weight excluding hydrogens is 556 g/mol. The van der Waals surface area contributed by atoms with Gasteiger partial charge in [-0.05, 0) is 60.4 Å². The van der Waals surface area contributed by atoms with Crippen LogP contribution in [0.4, 0.5) is 0 Å². The summed E-state index contributed by atoms with van der Waals surface area (Å²) >= 11 is 0. The number of hydrogen-bond acceptors (Lipinski definition) is 10. The average molecular weight is 595 g/mol. The molecule has 0 heterocycles. The number of carbonyl (C=O) groups is 3. The highest BCUT2D eigenvalue weighted by molar-refractivity contribution is 6.47. The molecule has 1 fully saturated rings. The van der Waals surface area contributed by atoms with Gasteiger partial charge in [0, 0.05) is 5.56 Å². The fraction of sp³-hybridized carbons (Fsp3) is 0.424. The second kappa shape index (κ2) is 12.8. The molecule has 0 radical (unpaired) electrons. The number of carbonyl (C=O) groups excluding carboxylic acids is 3. The van der Waals surface area contributed by atoms with Crippen molar-refractivity contribution in [2.75, 3.05) is 28.4 Å². The molecule has 2 aromatic carbocycles. The standard InChI is InChI=1S/C33H38O10/c1-16(2)19-10-8-17(3)12-23(19)43-33(38)21-15-26(42-7)25(41-6)14-20(21)28-31(36)29(34)27(30(35)32(28)37)18-9-11-22(39-4)24(13-18)40-5/h9,11,13-17,19,23,34,37H,8,10,12H2,1-7H3/t17-,19+,23-/m1/s1. The van der Waals surface area contributed by atoms with E-state index >= 15 is 0 Å². The molecule has 0 bridgehead atoms. The Morgan fingerprint density at radius 3 is 1.95 bits per heavy atom. The van der Waals surface area contributed by atoms with E-state index in [2.05, 4.69) is 20.8 Å². The van der Waals surface area contributed by atoms with Crippen LogP contribution in [0, 0.1) is 17.8 Å². The number of ketones is 2. The fourth-order valence-corrected chi connectivity index (χ4v) is 5.89. The van der Waals surface area contributed by atoms with Gasteiger partial charge in [-0.2, -0.15) is 0 Å². The lowest BCUT2D eigenvalue weighted by atomic mass is 9.75. The Morgan fingerprint density at radius 2 is 1.35 bits per heavy atom. The highest BCUT2D eigenvalue weighted by atomic mass is 16.5. The van der Waals surface area contributed by atoms with Crippen molar-refractivity contribution in [2.45, 2.75) is 46.1 Å². The summed E-state index contributed by atoms with van der Waals surface area (Å²) in [7, 11) is 5.59. The first-order chi connectivity index (χ1) is 20.5. The molecule has 0 unspecified atom stereocenters. The summed E-state index contributed by atoms with van der Waals surface area (Å²) in [6.07, 6.45) is 2.25. The number of ether oxygens (including phenoxy) is 5. The highest BCUT2D eigenvalue weighted by Crippen LogP contribution is 2.42. The maximum Gasteiger partial charge on any atom is 0.339 e. The Kier molecular flexibility index (Phi) is 9.37. The Hall–Kier alpha value is -4.47. The SMILES string of the molecule is COc1ccc(C2=C(O)C(=O)C(c3cc(OC)c(OC)cc3C(=O)O[C@@H]3C[C@H](C)CC[C@H]3C(C)C)=C(O)C2=O)cc1OC. The van der Waals surface area contributed by atoms with E-state index in [1.165, 1.54) is 58.8 Å². The molecule has 2 aromatic rings. The largest absolute Gasteiger partial charge is 0.504 e. The molecular formula is C33H38O10. The van der Waals surface area contributed by atoms with Gasteiger partial charge in [-0.25, -0.2) is 4.79 Å². The Balaban J connectivity index is 1.83. The number of methoxy groups -OCH3 is 4. The van der Waals surface area contributed by atoms with E-state index in [1.54, 1.807) is 0 Å². The van der Waals surface area contributed by atoms with Crippen LogP contribution in [0.25, 0.3) is 11.1 Å². The van der Waals surface area contributed by atoms with Gasteiger partial charge >= 0.3 is 5.97 Å². The van der Waals surface area contributed by atoms with E-state index in [4.69, 9.17) is 23.7 Å². The summed E-state index contributed by atoms with van der Waals surface area (Å²) in [6.45, 7) is 6.28. The van der Waals surface area contributed by atoms with E-state index < -0.39 is 40.2 Å². The number of aliphatic hydroxyl groups is 2. The highest BCUT2D eigenvalue weighted by Gasteiger charge is 2.40. The maximum absolute atomic E-state index is 13.8. The summed E-state index contributed by atoms with van der Waals surface area (Å²) in [4.78, 5) is 41.0. The van der Waals surface area contributed by atoms with Crippen LogP contribution in [0.5, 0.6) is 23.0 Å². The van der Waals surface area contributed by atoms with Crippen molar-refractivity contribution in [3.63, 3.8) is 0 Å². The van der Waals surface area contributed by atoms with Crippen molar-refractivity contribution < 1.29 is 48.3 Å². The molecule has 10 nitrogen and oxygen atoms in total. The second-order valence-electron chi connectivity index (χ2n) is 11.2. The first-order valence-corrected chi connectivity index (χ1v) is 14.1. The smallest absolute Gasteiger partial charge is 0.339 e. The van der Waals surface area contributed by atoms with E-state index in [9.17, 15) is 24.6 Å². The molecule has 4 rings (SSSR count). The summed E-state index contributed by atoms with van der Waals surface area (Å²) in [6, 6.07) is 7.01. The zero-order chi connectivity index (χ0) is 31.6. The number of esters is 1. The number of benzene rings is 2. The third kappa shape index (κ3) is 5.91. The van der Waals surface area contributed by atoms with Crippen molar-refractivity contribution in [1.29, 1.82) is 0 Å². The minimum absolute atomic E-state index is 0.122. The number of aliphatic hydroxyl groups excluding tert-OH is 2. The molecule has 0 aromatic heterocycles. The molecule has 0 spiro atoms. The third-order valence-electron chi connectivity index (χ3n) is 8.26. The first kappa shape index (κ1) is 31.5. The molecule has 1 saturated carbocycles. The molecule has 0 aliphatic heterocycles. The minimum atomic E-state index is -1.06. The summed E-state index contributed by atoms with van der Waals surface area (Å²) in [5.41, 5.74) is -1.12. The number of rotatable bonds is 9. The van der Waals surface area contributed by atoms with Gasteiger partial charge in [0.25, 0.3) is 0 Å². The lowest BCUT2D eigenvalue weighted by Crippen LogP contribution is -2.36. The van der Waals surface area contributed by atoms with Gasteiger partial charge in [-0.1, -0.05) is 33.3 Å². The number of allylic oxidation sites excluding steroid dienone is 2. The molecule has 0 saturated heterocycles. The maximum atomic E-state index is 13.8. The Bertz CT molecular complexity index is 1500. The molecule has 3 atom stereocenters. The summed E-state index contributed by atoms with van der Waals surface area (Å²) in [5.74, 6) is -2.98. The lowest BCUT2D eigenvalue weighted by molar-refractivity contribution is -0.116. The van der Waals surface area contributed by atoms with E-state index in [-0.39, 0.29) is 51.9 Å². The zero-order valence-corrected chi connectivity index (χ0v) is 25.5. The monoisotopic (exact) mass is 594 g/mol. The van der Waals surface area contributed by atoms with Crippen LogP contribution in [0.1, 0.15) is 61.5 Å². The molecule has 10 heteroatoms. The van der Waals surface area contributed by atoms with Gasteiger partial charge in [0.15, 0.2) is 34.5 Å². The van der Waals surface area contributed by atoms with Crippen LogP contribution < -0.4 is 18.9 Å². The van der Waals surface area contributed by atoms with Crippen molar-refractivity contribution in [2.24, 2.45) is 17.8 Å². The molecule has 0 amide bonds. The van der Waals surface area contributed by atoms with Gasteiger partial charge in [-0.3, -0.25) is 9.59 Å². The Labute approximate surface area is 250 Å². The van der Waals surface area contributed by atoms with Gasteiger partial charge in [0.05, 0.1) is 45.1 Å². The van der Waals surface area contributed by atoms with Crippen LogP contribution in [0.3, 0.4) is 0 Å². The molecule has 2 aliphatic rings. The van der Waals surface area contributed by atoms with Crippen LogP contribution in [-0.4, -0.2) is 62.3 Å². The van der Waals surface area contributed by atoms with Gasteiger partial charge in [0.2, 0.25) is 11.6 Å². The minimum Gasteiger partial charge on any atom is -0.504 e. The lowest BCUT2D eigenvalue weighted by Gasteiger charge is -2.36. The quantitative estimate of drug-likeness (QED) is 0.273. The van der Waals surface area contributed by atoms with Gasteiger partial charge in [0.1, 0.15) is 6.10 Å². The van der Waals surface area contributed by atoms with Crippen molar-refractivity contribution >= 4 is 28.7 Å². The summed E-state index contributed by atoms with van der Waals surface area (Å²) in [5, 5.41) is 22.3. The third-order valence-corrected chi connectivity index (χ3v) is 8.26. The first-order valence-electron chi connectivity index (χ1n) is 14.1. The van der Waals surface area contributed by atoms with E-state index in [1.807, 2.05) is 0 Å². The van der Waals surface area contributed by atoms with Gasteiger partial charge < -0.3 is 33.9 Å². The topological polar surface area (TPSA) is 138 Å². The predicted octanol–water partition coefficient (Wildman–Crippen LogP) is 5.73. The van der Waals surface area contributed by atoms with Crippen molar-refractivity contribution in [3.05, 3.63) is 58.5 Å². The summed E-state index contributed by atoms with van der Waals surface area (Å²) < 4.78 is 27.4. The average Bonchev–Trinajstić information content (AvgIpc) is 2.99. The van der Waals surface area contributed by atoms with E-state index in [0.717, 1.165) is 12.8 Å². The Morgan fingerprint density at radius 1 is 0.791 bits per heavy atom. The normalized spacial score (nSPS) is 20.8. The predicted molar refractivity (Wildman–Crippen MR) is 159 cm³/mol. The molecule has 230 valence electrons. The van der Waals surface area contributed by atoms with E-state index in [0.29, 0.717) is 18.1 Å². The second-order valence-corrected chi connectivity index (χ2v) is 11.2. The fourth-order valence-electron chi connectivity index (χ4n) is 5.89. The molecule has 2 N–H and O–H groups in total. The van der Waals surface area contributed by atoms with Crippen LogP contribution >= 0.6 is 0 Å². The van der Waals surface area contributed by atoms with Crippen molar-refractivity contribution in [1.82, 2.24) is 0 Å². The van der Waals surface area contributed by atoms with Crippen LogP contribution in [0.2, 0.25) is 0 Å². The molecule has 2 aliphatic carbocycles. The number of Topliss-reactive ketones (excluding diaryl/α,β-unsaturated/α-hetero) is 2. The zero-order valence-electron chi connectivity index (χ0n) is 25.5. The van der Waals surface area contributed by atoms with Gasteiger partial charge in [-0.15, -0.1) is 0 Å². The van der Waals surface area contributed by atoms with Crippen LogP contribution in [0.15, 0.2) is 41.9 Å². The molecule has 43 heavy (non-hydrogen) atoms. The van der Waals surface area contributed by atoms with Crippen LogP contribution in [-0.2, 0) is 14.3 Å². The van der Waals surface area contributed by atoms with Crippen molar-refractivity contribution in [3.8, 4) is 23.0 Å². The number of hydrogen-bond donors (Lipinski definition) is 2.